The number of nitrogens with zero attached hydrogens (tertiary/aromatic N) is 1. The molecule has 1 heterocycles. The van der Waals surface area contributed by atoms with Gasteiger partial charge < -0.3 is 9.47 Å². The highest BCUT2D eigenvalue weighted by Gasteiger charge is 2.12. The van der Waals surface area contributed by atoms with Crippen LogP contribution in [0.4, 0.5) is 10.5 Å². The lowest BCUT2D eigenvalue weighted by Gasteiger charge is -2.13. The molecule has 1 aromatic carbocycles. The average Bonchev–Trinajstić information content (AvgIpc) is 2.49. The lowest BCUT2D eigenvalue weighted by molar-refractivity contribution is 0.187. The van der Waals surface area contributed by atoms with Gasteiger partial charge in [0.05, 0.1) is 25.6 Å². The summed E-state index contributed by atoms with van der Waals surface area (Å²) in [4.78, 5) is 15.6. The molecule has 1 amide bonds. The van der Waals surface area contributed by atoms with Gasteiger partial charge >= 0.3 is 6.09 Å². The smallest absolute Gasteiger partial charge is 0.411 e. The first-order chi connectivity index (χ1) is 9.65. The molecule has 0 atom stereocenters. The van der Waals surface area contributed by atoms with Crippen LogP contribution < -0.4 is 10.1 Å². The lowest BCUT2D eigenvalue weighted by Crippen LogP contribution is -2.13. The molecule has 0 saturated heterocycles. The van der Waals surface area contributed by atoms with Crippen molar-refractivity contribution in [2.75, 3.05) is 19.5 Å². The third kappa shape index (κ3) is 2.88. The topological polar surface area (TPSA) is 60.5 Å². The van der Waals surface area contributed by atoms with E-state index in [0.717, 1.165) is 22.6 Å². The normalized spacial score (nSPS) is 9.95. The van der Waals surface area contributed by atoms with E-state index in [2.05, 4.69) is 15.0 Å². The summed E-state index contributed by atoms with van der Waals surface area (Å²) in [6.45, 7) is 1.83. The van der Waals surface area contributed by atoms with Gasteiger partial charge in [-0.25, -0.2) is 4.79 Å². The van der Waals surface area contributed by atoms with Gasteiger partial charge in [0, 0.05) is 11.8 Å². The Kier molecular flexibility index (Phi) is 4.20. The van der Waals surface area contributed by atoms with Crippen LogP contribution in [0.15, 0.2) is 36.5 Å². The lowest BCUT2D eigenvalue weighted by atomic mass is 10.0. The third-order valence-electron chi connectivity index (χ3n) is 2.95. The molecule has 0 radical (unpaired) electrons. The van der Waals surface area contributed by atoms with Crippen molar-refractivity contribution >= 4 is 11.8 Å². The van der Waals surface area contributed by atoms with Crippen molar-refractivity contribution in [3.05, 3.63) is 42.2 Å². The van der Waals surface area contributed by atoms with E-state index in [0.29, 0.717) is 5.69 Å². The molecule has 0 saturated carbocycles. The largest absolute Gasteiger partial charge is 0.497 e. The van der Waals surface area contributed by atoms with E-state index in [-0.39, 0.29) is 0 Å². The fourth-order valence-corrected chi connectivity index (χ4v) is 1.89. The van der Waals surface area contributed by atoms with Crippen LogP contribution in [0, 0.1) is 6.92 Å². The number of hydrogen-bond acceptors (Lipinski definition) is 4. The van der Waals surface area contributed by atoms with Crippen molar-refractivity contribution < 1.29 is 14.3 Å². The predicted octanol–water partition coefficient (Wildman–Crippen LogP) is 3.24. The number of ether oxygens (including phenoxy) is 2. The quantitative estimate of drug-likeness (QED) is 0.931. The van der Waals surface area contributed by atoms with E-state index in [9.17, 15) is 4.79 Å². The minimum atomic E-state index is -0.518. The van der Waals surface area contributed by atoms with E-state index in [1.807, 2.05) is 37.3 Å². The molecule has 20 heavy (non-hydrogen) atoms. The van der Waals surface area contributed by atoms with Crippen LogP contribution in [-0.2, 0) is 4.74 Å². The summed E-state index contributed by atoms with van der Waals surface area (Å²) in [5.74, 6) is 0.780. The molecule has 0 fully saturated rings. The highest BCUT2D eigenvalue weighted by Crippen LogP contribution is 2.30. The molecule has 1 aromatic heterocycles. The summed E-state index contributed by atoms with van der Waals surface area (Å²) in [7, 11) is 2.95. The maximum absolute atomic E-state index is 11.4. The van der Waals surface area contributed by atoms with Gasteiger partial charge in [-0.2, -0.15) is 0 Å². The number of carbonyl (C=O) groups excluding carboxylic acids is 1. The van der Waals surface area contributed by atoms with E-state index in [1.165, 1.54) is 7.11 Å². The van der Waals surface area contributed by atoms with Gasteiger partial charge in [-0.15, -0.1) is 0 Å². The second kappa shape index (κ2) is 6.06. The Morgan fingerprint density at radius 1 is 1.15 bits per heavy atom. The summed E-state index contributed by atoms with van der Waals surface area (Å²) in [6, 6.07) is 9.44. The van der Waals surface area contributed by atoms with E-state index in [1.54, 1.807) is 13.3 Å². The van der Waals surface area contributed by atoms with Gasteiger partial charge in [-0.3, -0.25) is 10.3 Å². The molecular formula is C15H16N2O3. The Hall–Kier alpha value is -2.56. The number of aryl methyl sites for hydroxylation is 1. The van der Waals surface area contributed by atoms with Crippen molar-refractivity contribution in [1.29, 1.82) is 0 Å². The molecular weight excluding hydrogens is 256 g/mol. The summed E-state index contributed by atoms with van der Waals surface area (Å²) in [5, 5.41) is 2.70. The molecule has 5 nitrogen and oxygen atoms in total. The van der Waals surface area contributed by atoms with Crippen molar-refractivity contribution in [2.24, 2.45) is 0 Å². The van der Waals surface area contributed by atoms with Crippen molar-refractivity contribution in [3.8, 4) is 16.9 Å². The molecule has 0 aliphatic carbocycles. The monoisotopic (exact) mass is 272 g/mol. The number of hydrogen-bond donors (Lipinski definition) is 1. The number of carbonyl (C=O) groups is 1. The number of pyridine rings is 1. The van der Waals surface area contributed by atoms with Crippen molar-refractivity contribution in [3.63, 3.8) is 0 Å². The first-order valence-corrected chi connectivity index (χ1v) is 6.10. The zero-order chi connectivity index (χ0) is 14.5. The molecule has 104 valence electrons. The zero-order valence-corrected chi connectivity index (χ0v) is 11.6. The molecule has 0 unspecified atom stereocenters. The predicted molar refractivity (Wildman–Crippen MR) is 77.0 cm³/mol. The summed E-state index contributed by atoms with van der Waals surface area (Å²) in [6.07, 6.45) is 1.19. The number of nitrogens with one attached hydrogen (secondary N) is 1. The number of amides is 1. The van der Waals surface area contributed by atoms with Crippen LogP contribution in [0.5, 0.6) is 5.75 Å². The van der Waals surface area contributed by atoms with Gasteiger partial charge in [0.2, 0.25) is 0 Å². The number of methoxy groups -OCH3 is 2. The Labute approximate surface area is 117 Å². The summed E-state index contributed by atoms with van der Waals surface area (Å²) < 4.78 is 9.78. The van der Waals surface area contributed by atoms with Crippen LogP contribution in [0.3, 0.4) is 0 Å². The Bertz CT molecular complexity index is 609. The average molecular weight is 272 g/mol. The molecule has 0 spiro atoms. The first-order valence-electron chi connectivity index (χ1n) is 6.10. The van der Waals surface area contributed by atoms with Gasteiger partial charge in [-0.05, 0) is 30.7 Å². The minimum Gasteiger partial charge on any atom is -0.497 e. The zero-order valence-electron chi connectivity index (χ0n) is 11.6. The second-order valence-electron chi connectivity index (χ2n) is 4.16. The van der Waals surface area contributed by atoms with E-state index < -0.39 is 6.09 Å². The number of aromatic nitrogens is 1. The van der Waals surface area contributed by atoms with Crippen molar-refractivity contribution in [1.82, 2.24) is 4.98 Å². The van der Waals surface area contributed by atoms with Crippen LogP contribution >= 0.6 is 0 Å². The first kappa shape index (κ1) is 13.9. The second-order valence-corrected chi connectivity index (χ2v) is 4.16. The third-order valence-corrected chi connectivity index (χ3v) is 2.95. The SMILES string of the molecule is COC(=O)Nc1c(-c2ccc(OC)cc2)ccnc1C. The van der Waals surface area contributed by atoms with Gasteiger partial charge in [0.15, 0.2) is 0 Å². The van der Waals surface area contributed by atoms with Crippen LogP contribution in [0.1, 0.15) is 5.69 Å². The molecule has 1 N–H and O–H groups in total. The highest BCUT2D eigenvalue weighted by molar-refractivity contribution is 5.92. The van der Waals surface area contributed by atoms with Crippen LogP contribution in [0.25, 0.3) is 11.1 Å². The molecule has 0 aliphatic heterocycles. The minimum absolute atomic E-state index is 0.518. The van der Waals surface area contributed by atoms with E-state index >= 15 is 0 Å². The summed E-state index contributed by atoms with van der Waals surface area (Å²) >= 11 is 0. The molecule has 2 rings (SSSR count). The Morgan fingerprint density at radius 3 is 2.45 bits per heavy atom. The number of rotatable bonds is 3. The standard InChI is InChI=1S/C15H16N2O3/c1-10-14(17-15(18)20-3)13(8-9-16-10)11-4-6-12(19-2)7-5-11/h4-9H,1-3H3,(H,17,18). The molecule has 2 aromatic rings. The summed E-state index contributed by atoms with van der Waals surface area (Å²) in [5.41, 5.74) is 3.21. The molecule has 5 heteroatoms. The molecule has 0 aliphatic rings. The van der Waals surface area contributed by atoms with Gasteiger partial charge in [0.25, 0.3) is 0 Å². The van der Waals surface area contributed by atoms with Crippen LogP contribution in [-0.4, -0.2) is 25.3 Å². The fourth-order valence-electron chi connectivity index (χ4n) is 1.89. The maximum Gasteiger partial charge on any atom is 0.411 e. The van der Waals surface area contributed by atoms with Gasteiger partial charge in [0.1, 0.15) is 5.75 Å². The fraction of sp³-hybridized carbons (Fsp3) is 0.200. The highest BCUT2D eigenvalue weighted by atomic mass is 16.5. The Morgan fingerprint density at radius 2 is 1.85 bits per heavy atom. The number of anilines is 1. The van der Waals surface area contributed by atoms with Crippen molar-refractivity contribution in [2.45, 2.75) is 6.92 Å². The number of benzene rings is 1. The maximum atomic E-state index is 11.4. The van der Waals surface area contributed by atoms with Crippen LogP contribution in [0.2, 0.25) is 0 Å². The Balaban J connectivity index is 2.44. The molecule has 0 bridgehead atoms. The van der Waals surface area contributed by atoms with E-state index in [4.69, 9.17) is 4.74 Å². The van der Waals surface area contributed by atoms with Gasteiger partial charge in [-0.1, -0.05) is 12.1 Å².